The van der Waals surface area contributed by atoms with Gasteiger partial charge in [-0.15, -0.1) is 0 Å². The van der Waals surface area contributed by atoms with Crippen molar-refractivity contribution >= 4 is 0 Å². The highest BCUT2D eigenvalue weighted by atomic mass is 16.5. The molecule has 3 nitrogen and oxygen atoms in total. The van der Waals surface area contributed by atoms with Crippen molar-refractivity contribution in [3.8, 4) is 5.75 Å². The van der Waals surface area contributed by atoms with Gasteiger partial charge in [-0.3, -0.25) is 4.90 Å². The predicted molar refractivity (Wildman–Crippen MR) is 74.7 cm³/mol. The molecule has 0 saturated heterocycles. The van der Waals surface area contributed by atoms with Gasteiger partial charge in [-0.05, 0) is 18.9 Å². The lowest BCUT2D eigenvalue weighted by Crippen LogP contribution is -2.31. The maximum atomic E-state index is 6.08. The van der Waals surface area contributed by atoms with Crippen molar-refractivity contribution in [2.24, 2.45) is 5.73 Å². The third-order valence-corrected chi connectivity index (χ3v) is 3.51. The molecule has 0 saturated carbocycles. The van der Waals surface area contributed by atoms with Crippen molar-refractivity contribution in [2.45, 2.75) is 38.8 Å². The molecule has 0 spiro atoms. The lowest BCUT2D eigenvalue weighted by atomic mass is 10.1. The number of hydrogen-bond donors (Lipinski definition) is 1. The summed E-state index contributed by atoms with van der Waals surface area (Å²) in [5, 5.41) is 0. The van der Waals surface area contributed by atoms with E-state index >= 15 is 0 Å². The summed E-state index contributed by atoms with van der Waals surface area (Å²) >= 11 is 0. The molecule has 1 aromatic carbocycles. The van der Waals surface area contributed by atoms with E-state index in [4.69, 9.17) is 10.5 Å². The summed E-state index contributed by atoms with van der Waals surface area (Å²) in [4.78, 5) is 2.45. The minimum atomic E-state index is 0.342. The van der Waals surface area contributed by atoms with Gasteiger partial charge < -0.3 is 10.5 Å². The summed E-state index contributed by atoms with van der Waals surface area (Å²) < 4.78 is 5.76. The predicted octanol–water partition coefficient (Wildman–Crippen LogP) is 2.40. The van der Waals surface area contributed by atoms with Crippen LogP contribution in [0.25, 0.3) is 0 Å². The van der Waals surface area contributed by atoms with E-state index in [1.165, 1.54) is 12.0 Å². The molecule has 1 atom stereocenters. The molecular weight excluding hydrogens is 224 g/mol. The molecule has 1 aromatic rings. The van der Waals surface area contributed by atoms with E-state index in [1.807, 2.05) is 6.07 Å². The molecule has 0 amide bonds. The maximum Gasteiger partial charge on any atom is 0.123 e. The monoisotopic (exact) mass is 248 g/mol. The second-order valence-corrected chi connectivity index (χ2v) is 5.07. The first-order chi connectivity index (χ1) is 8.79. The fourth-order valence-corrected chi connectivity index (χ4v) is 2.43. The Balaban J connectivity index is 1.88. The standard InChI is InChI=1S/C15H24N2O/c1-2-5-14(16)8-9-17-10-11-18-15-7-4-3-6-13(15)12-17/h3-4,6-7,14H,2,5,8-12,16H2,1H3. The van der Waals surface area contributed by atoms with Crippen LogP contribution in [0, 0.1) is 0 Å². The molecule has 1 heterocycles. The van der Waals surface area contributed by atoms with Crippen LogP contribution >= 0.6 is 0 Å². The topological polar surface area (TPSA) is 38.5 Å². The molecule has 0 radical (unpaired) electrons. The minimum absolute atomic E-state index is 0.342. The fourth-order valence-electron chi connectivity index (χ4n) is 2.43. The number of nitrogens with two attached hydrogens (primary N) is 1. The average molecular weight is 248 g/mol. The molecule has 0 bridgehead atoms. The lowest BCUT2D eigenvalue weighted by Gasteiger charge is -2.21. The van der Waals surface area contributed by atoms with Crippen molar-refractivity contribution in [3.05, 3.63) is 29.8 Å². The third kappa shape index (κ3) is 3.72. The molecule has 2 N–H and O–H groups in total. The summed E-state index contributed by atoms with van der Waals surface area (Å²) in [6, 6.07) is 8.66. The highest BCUT2D eigenvalue weighted by Gasteiger charge is 2.15. The zero-order valence-corrected chi connectivity index (χ0v) is 11.3. The van der Waals surface area contributed by atoms with Crippen molar-refractivity contribution in [1.82, 2.24) is 4.90 Å². The van der Waals surface area contributed by atoms with Crippen molar-refractivity contribution in [2.75, 3.05) is 19.7 Å². The van der Waals surface area contributed by atoms with Crippen LogP contribution in [-0.4, -0.2) is 30.6 Å². The molecule has 100 valence electrons. The van der Waals surface area contributed by atoms with Crippen LogP contribution in [0.1, 0.15) is 31.7 Å². The molecule has 0 aliphatic carbocycles. The van der Waals surface area contributed by atoms with Gasteiger partial charge in [-0.25, -0.2) is 0 Å². The van der Waals surface area contributed by atoms with Crippen LogP contribution in [0.5, 0.6) is 5.75 Å². The van der Waals surface area contributed by atoms with Crippen LogP contribution in [-0.2, 0) is 6.54 Å². The molecule has 1 aliphatic rings. The molecule has 0 aromatic heterocycles. The summed E-state index contributed by atoms with van der Waals surface area (Å²) in [6.07, 6.45) is 3.38. The van der Waals surface area contributed by atoms with Gasteiger partial charge in [-0.1, -0.05) is 31.5 Å². The fraction of sp³-hybridized carbons (Fsp3) is 0.600. The van der Waals surface area contributed by atoms with E-state index in [9.17, 15) is 0 Å². The quantitative estimate of drug-likeness (QED) is 0.869. The van der Waals surface area contributed by atoms with Gasteiger partial charge in [0, 0.05) is 31.2 Å². The van der Waals surface area contributed by atoms with Crippen LogP contribution in [0.4, 0.5) is 0 Å². The summed E-state index contributed by atoms with van der Waals surface area (Å²) in [7, 11) is 0. The highest BCUT2D eigenvalue weighted by molar-refractivity contribution is 5.33. The molecule has 0 fully saturated rings. The third-order valence-electron chi connectivity index (χ3n) is 3.51. The van der Waals surface area contributed by atoms with Crippen LogP contribution in [0.3, 0.4) is 0 Å². The summed E-state index contributed by atoms with van der Waals surface area (Å²) in [5.74, 6) is 1.04. The number of nitrogens with zero attached hydrogens (tertiary/aromatic N) is 1. The largest absolute Gasteiger partial charge is 0.492 e. The zero-order chi connectivity index (χ0) is 12.8. The van der Waals surface area contributed by atoms with Gasteiger partial charge >= 0.3 is 0 Å². The van der Waals surface area contributed by atoms with E-state index in [2.05, 4.69) is 30.0 Å². The Morgan fingerprint density at radius 3 is 3.00 bits per heavy atom. The van der Waals surface area contributed by atoms with Crippen LogP contribution in [0.2, 0.25) is 0 Å². The molecular formula is C15H24N2O. The number of para-hydroxylation sites is 1. The molecule has 1 unspecified atom stereocenters. The highest BCUT2D eigenvalue weighted by Crippen LogP contribution is 2.22. The zero-order valence-electron chi connectivity index (χ0n) is 11.3. The first-order valence-electron chi connectivity index (χ1n) is 6.98. The van der Waals surface area contributed by atoms with E-state index in [0.717, 1.165) is 44.8 Å². The number of ether oxygens (including phenoxy) is 1. The number of benzene rings is 1. The van der Waals surface area contributed by atoms with Gasteiger partial charge in [0.15, 0.2) is 0 Å². The first kappa shape index (κ1) is 13.4. The van der Waals surface area contributed by atoms with Gasteiger partial charge in [0.1, 0.15) is 12.4 Å². The summed E-state index contributed by atoms with van der Waals surface area (Å²) in [5.41, 5.74) is 7.37. The van der Waals surface area contributed by atoms with Gasteiger partial charge in [0.2, 0.25) is 0 Å². The molecule has 18 heavy (non-hydrogen) atoms. The Morgan fingerprint density at radius 2 is 2.17 bits per heavy atom. The summed E-state index contributed by atoms with van der Waals surface area (Å²) in [6.45, 7) is 6.01. The van der Waals surface area contributed by atoms with Crippen molar-refractivity contribution < 1.29 is 4.74 Å². The first-order valence-corrected chi connectivity index (χ1v) is 6.98. The van der Waals surface area contributed by atoms with E-state index < -0.39 is 0 Å². The van der Waals surface area contributed by atoms with E-state index in [-0.39, 0.29) is 0 Å². The van der Waals surface area contributed by atoms with Crippen LogP contribution in [0.15, 0.2) is 24.3 Å². The lowest BCUT2D eigenvalue weighted by molar-refractivity contribution is 0.219. The van der Waals surface area contributed by atoms with E-state index in [0.29, 0.717) is 6.04 Å². The Labute approximate surface area is 110 Å². The number of rotatable bonds is 5. The van der Waals surface area contributed by atoms with Gasteiger partial charge in [0.05, 0.1) is 0 Å². The number of fused-ring (bicyclic) bond motifs is 1. The molecule has 1 aliphatic heterocycles. The minimum Gasteiger partial charge on any atom is -0.492 e. The smallest absolute Gasteiger partial charge is 0.123 e. The van der Waals surface area contributed by atoms with Crippen LogP contribution < -0.4 is 10.5 Å². The van der Waals surface area contributed by atoms with E-state index in [1.54, 1.807) is 0 Å². The second kappa shape index (κ2) is 6.76. The van der Waals surface area contributed by atoms with Crippen molar-refractivity contribution in [3.63, 3.8) is 0 Å². The second-order valence-electron chi connectivity index (χ2n) is 5.07. The van der Waals surface area contributed by atoms with Gasteiger partial charge in [-0.2, -0.15) is 0 Å². The molecule has 2 rings (SSSR count). The van der Waals surface area contributed by atoms with Gasteiger partial charge in [0.25, 0.3) is 0 Å². The normalized spacial score (nSPS) is 17.7. The maximum absolute atomic E-state index is 6.08. The SMILES string of the molecule is CCCC(N)CCN1CCOc2ccccc2C1. The number of hydrogen-bond acceptors (Lipinski definition) is 3. The van der Waals surface area contributed by atoms with Crippen molar-refractivity contribution in [1.29, 1.82) is 0 Å². The molecule has 3 heteroatoms. The Hall–Kier alpha value is -1.06. The Morgan fingerprint density at radius 1 is 1.33 bits per heavy atom. The Kier molecular flexibility index (Phi) is 5.02. The average Bonchev–Trinajstić information content (AvgIpc) is 2.58. The Bertz CT molecular complexity index is 367.